The molecule has 3 rings (SSSR count). The molecular formula is C15H20N4O3. The van der Waals surface area contributed by atoms with Gasteiger partial charge >= 0.3 is 0 Å². The van der Waals surface area contributed by atoms with Crippen molar-refractivity contribution in [2.45, 2.75) is 0 Å². The molecule has 0 atom stereocenters. The van der Waals surface area contributed by atoms with Crippen LogP contribution in [-0.4, -0.2) is 68.1 Å². The largest absolute Gasteiger partial charge is 0.378 e. The van der Waals surface area contributed by atoms with Crippen molar-refractivity contribution in [1.82, 2.24) is 15.2 Å². The third-order valence-corrected chi connectivity index (χ3v) is 4.12. The number of hydrogen-bond acceptors (Lipinski definition) is 5. The molecule has 0 aliphatic carbocycles. The summed E-state index contributed by atoms with van der Waals surface area (Å²) in [4.78, 5) is 31.9. The number of amides is 2. The normalized spacial score (nSPS) is 18.8. The standard InChI is InChI=1S/C15H20N4O3/c1-16-14(20)11-9-19(10-11)15(21)13-8-12(2-3-17-13)18-4-6-22-7-5-18/h2-3,8,11H,4-7,9-10H2,1H3,(H,16,20). The quantitative estimate of drug-likeness (QED) is 0.832. The predicted molar refractivity (Wildman–Crippen MR) is 80.7 cm³/mol. The minimum atomic E-state index is -0.115. The van der Waals surface area contributed by atoms with Crippen LogP contribution >= 0.6 is 0 Å². The summed E-state index contributed by atoms with van der Waals surface area (Å²) in [6.45, 7) is 3.96. The molecule has 0 spiro atoms. The van der Waals surface area contributed by atoms with E-state index >= 15 is 0 Å². The zero-order valence-corrected chi connectivity index (χ0v) is 12.6. The monoisotopic (exact) mass is 304 g/mol. The first-order valence-corrected chi connectivity index (χ1v) is 7.48. The number of anilines is 1. The maximum Gasteiger partial charge on any atom is 0.272 e. The van der Waals surface area contributed by atoms with E-state index in [1.54, 1.807) is 18.1 Å². The summed E-state index contributed by atoms with van der Waals surface area (Å²) in [5.74, 6) is -0.231. The first-order chi connectivity index (χ1) is 10.7. The van der Waals surface area contributed by atoms with E-state index in [-0.39, 0.29) is 17.7 Å². The Kier molecular flexibility index (Phi) is 4.24. The number of morpholine rings is 1. The Balaban J connectivity index is 1.65. The van der Waals surface area contributed by atoms with E-state index in [4.69, 9.17) is 4.74 Å². The number of likely N-dealkylation sites (tertiary alicyclic amines) is 1. The molecule has 22 heavy (non-hydrogen) atoms. The lowest BCUT2D eigenvalue weighted by atomic mass is 9.98. The van der Waals surface area contributed by atoms with Gasteiger partial charge in [0, 0.05) is 45.1 Å². The molecule has 0 unspecified atom stereocenters. The molecule has 2 amide bonds. The molecule has 118 valence electrons. The molecule has 7 heteroatoms. The topological polar surface area (TPSA) is 74.8 Å². The van der Waals surface area contributed by atoms with Crippen LogP contribution in [-0.2, 0) is 9.53 Å². The number of nitrogens with zero attached hydrogens (tertiary/aromatic N) is 3. The number of nitrogens with one attached hydrogen (secondary N) is 1. The lowest BCUT2D eigenvalue weighted by Crippen LogP contribution is -2.55. The third kappa shape index (κ3) is 2.89. The van der Waals surface area contributed by atoms with E-state index in [1.807, 2.05) is 12.1 Å². The van der Waals surface area contributed by atoms with Crippen LogP contribution in [0.3, 0.4) is 0 Å². The van der Waals surface area contributed by atoms with Crippen LogP contribution in [0.15, 0.2) is 18.3 Å². The van der Waals surface area contributed by atoms with Gasteiger partial charge in [0.05, 0.1) is 19.1 Å². The van der Waals surface area contributed by atoms with Crippen molar-refractivity contribution in [3.8, 4) is 0 Å². The Morgan fingerprint density at radius 1 is 1.32 bits per heavy atom. The first kappa shape index (κ1) is 14.8. The molecule has 0 radical (unpaired) electrons. The number of pyridine rings is 1. The molecule has 2 aliphatic heterocycles. The van der Waals surface area contributed by atoms with Gasteiger partial charge in [-0.3, -0.25) is 14.6 Å². The van der Waals surface area contributed by atoms with Crippen LogP contribution in [0.5, 0.6) is 0 Å². The summed E-state index contributed by atoms with van der Waals surface area (Å²) in [5, 5.41) is 2.61. The van der Waals surface area contributed by atoms with Gasteiger partial charge in [-0.2, -0.15) is 0 Å². The summed E-state index contributed by atoms with van der Waals surface area (Å²) in [7, 11) is 1.61. The molecule has 7 nitrogen and oxygen atoms in total. The van der Waals surface area contributed by atoms with Crippen molar-refractivity contribution >= 4 is 17.5 Å². The lowest BCUT2D eigenvalue weighted by molar-refractivity contribution is -0.128. The molecule has 0 aromatic carbocycles. The lowest BCUT2D eigenvalue weighted by Gasteiger charge is -2.37. The number of rotatable bonds is 3. The van der Waals surface area contributed by atoms with Gasteiger partial charge in [-0.1, -0.05) is 0 Å². The fourth-order valence-electron chi connectivity index (χ4n) is 2.73. The van der Waals surface area contributed by atoms with Gasteiger partial charge in [0.25, 0.3) is 5.91 Å². The van der Waals surface area contributed by atoms with Crippen molar-refractivity contribution in [2.24, 2.45) is 5.92 Å². The van der Waals surface area contributed by atoms with Gasteiger partial charge in [-0.15, -0.1) is 0 Å². The second-order valence-corrected chi connectivity index (χ2v) is 5.52. The van der Waals surface area contributed by atoms with E-state index in [1.165, 1.54) is 0 Å². The highest BCUT2D eigenvalue weighted by Gasteiger charge is 2.36. The second kappa shape index (κ2) is 6.31. The highest BCUT2D eigenvalue weighted by Crippen LogP contribution is 2.21. The summed E-state index contributed by atoms with van der Waals surface area (Å²) >= 11 is 0. The van der Waals surface area contributed by atoms with Crippen LogP contribution in [0.4, 0.5) is 5.69 Å². The van der Waals surface area contributed by atoms with Gasteiger partial charge in [-0.25, -0.2) is 0 Å². The van der Waals surface area contributed by atoms with E-state index in [0.717, 1.165) is 18.8 Å². The number of hydrogen-bond donors (Lipinski definition) is 1. The molecule has 3 heterocycles. The number of ether oxygens (including phenoxy) is 1. The molecule has 0 saturated carbocycles. The first-order valence-electron chi connectivity index (χ1n) is 7.48. The van der Waals surface area contributed by atoms with Gasteiger partial charge in [0.1, 0.15) is 5.69 Å². The van der Waals surface area contributed by atoms with E-state index in [0.29, 0.717) is 32.0 Å². The molecule has 1 aromatic rings. The van der Waals surface area contributed by atoms with Crippen molar-refractivity contribution in [2.75, 3.05) is 51.3 Å². The highest BCUT2D eigenvalue weighted by atomic mass is 16.5. The molecule has 2 fully saturated rings. The zero-order valence-electron chi connectivity index (χ0n) is 12.6. The molecule has 1 aromatic heterocycles. The molecular weight excluding hydrogens is 284 g/mol. The summed E-state index contributed by atoms with van der Waals surface area (Å²) in [5.41, 5.74) is 1.42. The van der Waals surface area contributed by atoms with Crippen molar-refractivity contribution < 1.29 is 14.3 Å². The van der Waals surface area contributed by atoms with Gasteiger partial charge in [0.15, 0.2) is 0 Å². The average molecular weight is 304 g/mol. The Hall–Kier alpha value is -2.15. The summed E-state index contributed by atoms with van der Waals surface area (Å²) in [6, 6.07) is 3.73. The summed E-state index contributed by atoms with van der Waals surface area (Å²) in [6.07, 6.45) is 1.66. The van der Waals surface area contributed by atoms with Crippen LogP contribution in [0.1, 0.15) is 10.5 Å². The Morgan fingerprint density at radius 2 is 2.05 bits per heavy atom. The van der Waals surface area contributed by atoms with Crippen molar-refractivity contribution in [1.29, 1.82) is 0 Å². The summed E-state index contributed by atoms with van der Waals surface area (Å²) < 4.78 is 5.34. The van der Waals surface area contributed by atoms with E-state index < -0.39 is 0 Å². The fourth-order valence-corrected chi connectivity index (χ4v) is 2.73. The van der Waals surface area contributed by atoms with Crippen molar-refractivity contribution in [3.05, 3.63) is 24.0 Å². The number of aromatic nitrogens is 1. The van der Waals surface area contributed by atoms with Gasteiger partial charge < -0.3 is 19.9 Å². The van der Waals surface area contributed by atoms with Crippen LogP contribution in [0.2, 0.25) is 0 Å². The maximum absolute atomic E-state index is 12.4. The van der Waals surface area contributed by atoms with Gasteiger partial charge in [0.2, 0.25) is 5.91 Å². The average Bonchev–Trinajstić information content (AvgIpc) is 2.54. The second-order valence-electron chi connectivity index (χ2n) is 5.52. The SMILES string of the molecule is CNC(=O)C1CN(C(=O)c2cc(N3CCOCC3)ccn2)C1. The Bertz CT molecular complexity index is 566. The zero-order chi connectivity index (χ0) is 15.5. The van der Waals surface area contributed by atoms with Crippen LogP contribution in [0, 0.1) is 5.92 Å². The molecule has 2 aliphatic rings. The minimum Gasteiger partial charge on any atom is -0.378 e. The van der Waals surface area contributed by atoms with E-state index in [2.05, 4.69) is 15.2 Å². The number of carbonyl (C=O) groups excluding carboxylic acids is 2. The Morgan fingerprint density at radius 3 is 2.73 bits per heavy atom. The molecule has 2 saturated heterocycles. The molecule has 0 bridgehead atoms. The molecule has 1 N–H and O–H groups in total. The predicted octanol–water partition coefficient (Wildman–Crippen LogP) is -0.264. The van der Waals surface area contributed by atoms with Crippen LogP contribution in [0.25, 0.3) is 0 Å². The van der Waals surface area contributed by atoms with Crippen LogP contribution < -0.4 is 10.2 Å². The fraction of sp³-hybridized carbons (Fsp3) is 0.533. The van der Waals surface area contributed by atoms with E-state index in [9.17, 15) is 9.59 Å². The van der Waals surface area contributed by atoms with Crippen molar-refractivity contribution in [3.63, 3.8) is 0 Å². The number of carbonyl (C=O) groups is 2. The minimum absolute atomic E-state index is 0.0147. The third-order valence-electron chi connectivity index (χ3n) is 4.12. The smallest absolute Gasteiger partial charge is 0.272 e. The highest BCUT2D eigenvalue weighted by molar-refractivity contribution is 5.95. The Labute approximate surface area is 129 Å². The maximum atomic E-state index is 12.4. The van der Waals surface area contributed by atoms with Gasteiger partial charge in [-0.05, 0) is 12.1 Å².